The van der Waals surface area contributed by atoms with Crippen LogP contribution in [0.3, 0.4) is 0 Å². The van der Waals surface area contributed by atoms with Gasteiger partial charge in [-0.1, -0.05) is 6.07 Å². The average Bonchev–Trinajstić information content (AvgIpc) is 2.71. The number of nitrogens with one attached hydrogen (secondary N) is 1. The molecule has 0 aliphatic rings. The first-order valence-electron chi connectivity index (χ1n) is 4.89. The third-order valence-electron chi connectivity index (χ3n) is 2.07. The lowest BCUT2D eigenvalue weighted by atomic mass is 10.2. The van der Waals surface area contributed by atoms with Crippen LogP contribution >= 0.6 is 11.3 Å². The second-order valence-electron chi connectivity index (χ2n) is 3.41. The van der Waals surface area contributed by atoms with Gasteiger partial charge in [-0.15, -0.1) is 11.3 Å². The number of benzene rings is 1. The van der Waals surface area contributed by atoms with E-state index in [0.717, 1.165) is 16.7 Å². The molecular formula is C11H8FNO4S. The Balaban J connectivity index is 2.10. The van der Waals surface area contributed by atoms with Gasteiger partial charge in [-0.2, -0.15) is 0 Å². The summed E-state index contributed by atoms with van der Waals surface area (Å²) in [5.41, 5.74) is 2.00. The van der Waals surface area contributed by atoms with E-state index >= 15 is 0 Å². The van der Waals surface area contributed by atoms with Crippen LogP contribution in [0.1, 0.15) is 9.67 Å². The quantitative estimate of drug-likeness (QED) is 0.830. The summed E-state index contributed by atoms with van der Waals surface area (Å²) in [4.78, 5) is 26.5. The zero-order chi connectivity index (χ0) is 13.1. The molecule has 0 spiro atoms. The van der Waals surface area contributed by atoms with Crippen LogP contribution in [0.4, 0.5) is 4.39 Å². The van der Waals surface area contributed by atoms with Crippen molar-refractivity contribution in [2.24, 2.45) is 0 Å². The Morgan fingerprint density at radius 2 is 2.17 bits per heavy atom. The predicted octanol–water partition coefficient (Wildman–Crippen LogP) is 1.79. The Bertz CT molecular complexity index is 610. The summed E-state index contributed by atoms with van der Waals surface area (Å²) >= 11 is 1.10. The van der Waals surface area contributed by atoms with Gasteiger partial charge in [0.25, 0.3) is 5.91 Å². The van der Waals surface area contributed by atoms with Crippen molar-refractivity contribution in [2.45, 2.75) is 0 Å². The Kier molecular flexibility index (Phi) is 3.54. The van der Waals surface area contributed by atoms with Crippen molar-refractivity contribution in [3.05, 3.63) is 35.0 Å². The molecule has 7 heteroatoms. The number of carbonyl (C=O) groups is 2. The van der Waals surface area contributed by atoms with Crippen LogP contribution < -0.4 is 5.48 Å². The molecule has 0 bridgehead atoms. The van der Waals surface area contributed by atoms with Crippen molar-refractivity contribution < 1.29 is 23.9 Å². The molecule has 0 fully saturated rings. The Morgan fingerprint density at radius 1 is 1.39 bits per heavy atom. The standard InChI is InChI=1S/C11H8FNO4S/c12-7-2-1-6-3-9(18-8(6)4-7)11(16)13-17-5-10(14)15/h1-4H,5H2,(H,13,16)(H,14,15). The van der Waals surface area contributed by atoms with Crippen LogP contribution in [0.5, 0.6) is 0 Å². The van der Waals surface area contributed by atoms with Crippen molar-refractivity contribution >= 4 is 33.3 Å². The third-order valence-corrected chi connectivity index (χ3v) is 3.16. The van der Waals surface area contributed by atoms with Gasteiger partial charge in [-0.05, 0) is 23.6 Å². The number of fused-ring (bicyclic) bond motifs is 1. The summed E-state index contributed by atoms with van der Waals surface area (Å²) in [5.74, 6) is -2.12. The van der Waals surface area contributed by atoms with E-state index in [4.69, 9.17) is 5.11 Å². The molecule has 0 atom stereocenters. The minimum atomic E-state index is -1.19. The minimum absolute atomic E-state index is 0.320. The number of thiophene rings is 1. The van der Waals surface area contributed by atoms with E-state index in [0.29, 0.717) is 9.58 Å². The van der Waals surface area contributed by atoms with E-state index in [2.05, 4.69) is 4.84 Å². The SMILES string of the molecule is O=C(O)CONC(=O)c1cc2ccc(F)cc2s1. The molecule has 2 aromatic rings. The largest absolute Gasteiger partial charge is 0.479 e. The van der Waals surface area contributed by atoms with Crippen molar-refractivity contribution in [1.82, 2.24) is 5.48 Å². The van der Waals surface area contributed by atoms with Crippen molar-refractivity contribution in [2.75, 3.05) is 6.61 Å². The fourth-order valence-electron chi connectivity index (χ4n) is 1.33. The Hall–Kier alpha value is -1.99. The molecule has 0 saturated carbocycles. The van der Waals surface area contributed by atoms with E-state index in [1.54, 1.807) is 12.1 Å². The van der Waals surface area contributed by atoms with Crippen LogP contribution in [0.2, 0.25) is 0 Å². The lowest BCUT2D eigenvalue weighted by molar-refractivity contribution is -0.144. The van der Waals surface area contributed by atoms with E-state index in [9.17, 15) is 14.0 Å². The summed E-state index contributed by atoms with van der Waals surface area (Å²) in [5, 5.41) is 9.07. The van der Waals surface area contributed by atoms with Crippen LogP contribution in [-0.4, -0.2) is 23.6 Å². The Morgan fingerprint density at radius 3 is 2.89 bits per heavy atom. The topological polar surface area (TPSA) is 75.6 Å². The normalized spacial score (nSPS) is 10.5. The molecule has 18 heavy (non-hydrogen) atoms. The lowest BCUT2D eigenvalue weighted by Gasteiger charge is -2.00. The van der Waals surface area contributed by atoms with Gasteiger partial charge < -0.3 is 5.11 Å². The molecule has 0 radical (unpaired) electrons. The van der Waals surface area contributed by atoms with Crippen LogP contribution in [0.25, 0.3) is 10.1 Å². The highest BCUT2D eigenvalue weighted by Gasteiger charge is 2.11. The number of carbonyl (C=O) groups excluding carboxylic acids is 1. The molecule has 0 aliphatic heterocycles. The number of hydrogen-bond acceptors (Lipinski definition) is 4. The zero-order valence-electron chi connectivity index (χ0n) is 8.97. The van der Waals surface area contributed by atoms with Crippen molar-refractivity contribution in [1.29, 1.82) is 0 Å². The van der Waals surface area contributed by atoms with Crippen LogP contribution in [0.15, 0.2) is 24.3 Å². The molecule has 0 aliphatic carbocycles. The number of hydrogen-bond donors (Lipinski definition) is 2. The van der Waals surface area contributed by atoms with Crippen molar-refractivity contribution in [3.8, 4) is 0 Å². The number of rotatable bonds is 4. The molecule has 2 N–H and O–H groups in total. The number of hydroxylamine groups is 1. The zero-order valence-corrected chi connectivity index (χ0v) is 9.79. The molecule has 2 rings (SSSR count). The highest BCUT2D eigenvalue weighted by Crippen LogP contribution is 2.26. The summed E-state index contributed by atoms with van der Waals surface area (Å²) in [6.45, 7) is -0.620. The van der Waals surface area contributed by atoms with Gasteiger partial charge in [-0.25, -0.2) is 14.7 Å². The first-order chi connectivity index (χ1) is 8.56. The van der Waals surface area contributed by atoms with E-state index < -0.39 is 18.5 Å². The number of carboxylic acids is 1. The smallest absolute Gasteiger partial charge is 0.332 e. The third kappa shape index (κ3) is 2.82. The molecule has 1 amide bonds. The molecule has 94 valence electrons. The number of aliphatic carboxylic acids is 1. The lowest BCUT2D eigenvalue weighted by Crippen LogP contribution is -2.25. The second-order valence-corrected chi connectivity index (χ2v) is 4.49. The summed E-state index contributed by atoms with van der Waals surface area (Å²) in [7, 11) is 0. The fourth-order valence-corrected chi connectivity index (χ4v) is 2.30. The van der Waals surface area contributed by atoms with Crippen molar-refractivity contribution in [3.63, 3.8) is 0 Å². The maximum atomic E-state index is 13.0. The number of halogens is 1. The molecule has 1 aromatic carbocycles. The number of amides is 1. The second kappa shape index (κ2) is 5.11. The summed E-state index contributed by atoms with van der Waals surface area (Å²) in [6, 6.07) is 5.78. The van der Waals surface area contributed by atoms with Gasteiger partial charge in [0.05, 0.1) is 4.88 Å². The van der Waals surface area contributed by atoms with Gasteiger partial charge in [0.15, 0.2) is 6.61 Å². The number of carboxylic acid groups (broad SMARTS) is 1. The minimum Gasteiger partial charge on any atom is -0.479 e. The highest BCUT2D eigenvalue weighted by atomic mass is 32.1. The van der Waals surface area contributed by atoms with Crippen LogP contribution in [0, 0.1) is 5.82 Å². The average molecular weight is 269 g/mol. The predicted molar refractivity (Wildman–Crippen MR) is 62.8 cm³/mol. The maximum Gasteiger partial charge on any atom is 0.332 e. The van der Waals surface area contributed by atoms with Gasteiger partial charge >= 0.3 is 5.97 Å². The van der Waals surface area contributed by atoms with Gasteiger partial charge in [0.2, 0.25) is 0 Å². The molecule has 1 heterocycles. The van der Waals surface area contributed by atoms with E-state index in [-0.39, 0.29) is 5.82 Å². The molecular weight excluding hydrogens is 261 g/mol. The fraction of sp³-hybridized carbons (Fsp3) is 0.0909. The maximum absolute atomic E-state index is 13.0. The van der Waals surface area contributed by atoms with Gasteiger partial charge in [-0.3, -0.25) is 9.63 Å². The Labute approximate surface area is 105 Å². The first-order valence-corrected chi connectivity index (χ1v) is 5.71. The van der Waals surface area contributed by atoms with Gasteiger partial charge in [0.1, 0.15) is 5.82 Å². The molecule has 0 unspecified atom stereocenters. The van der Waals surface area contributed by atoms with E-state index in [1.165, 1.54) is 12.1 Å². The first kappa shape index (κ1) is 12.5. The van der Waals surface area contributed by atoms with Gasteiger partial charge in [0, 0.05) is 4.70 Å². The molecule has 1 aromatic heterocycles. The molecule has 0 saturated heterocycles. The summed E-state index contributed by atoms with van der Waals surface area (Å²) in [6.07, 6.45) is 0. The van der Waals surface area contributed by atoms with Crippen LogP contribution in [-0.2, 0) is 9.63 Å². The highest BCUT2D eigenvalue weighted by molar-refractivity contribution is 7.20. The summed E-state index contributed by atoms with van der Waals surface area (Å²) < 4.78 is 13.6. The van der Waals surface area contributed by atoms with E-state index in [1.807, 2.05) is 5.48 Å². The molecule has 5 nitrogen and oxygen atoms in total. The monoisotopic (exact) mass is 269 g/mol.